The molecule has 0 atom stereocenters. The van der Waals surface area contributed by atoms with E-state index in [1.807, 2.05) is 6.92 Å². The predicted octanol–water partition coefficient (Wildman–Crippen LogP) is 4.90. The Labute approximate surface area is 176 Å². The molecule has 1 amide bonds. The molecule has 0 unspecified atom stereocenters. The molecule has 2 heterocycles. The Morgan fingerprint density at radius 1 is 1.11 bits per heavy atom. The molecule has 0 fully saturated rings. The van der Waals surface area contributed by atoms with Gasteiger partial charge in [0, 0.05) is 35.3 Å². The van der Waals surface area contributed by atoms with Gasteiger partial charge in [-0.3, -0.25) is 14.6 Å². The normalized spacial score (nSPS) is 10.7. The highest BCUT2D eigenvalue weighted by Crippen LogP contribution is 2.21. The molecule has 144 valence electrons. The van der Waals surface area contributed by atoms with Crippen LogP contribution >= 0.6 is 34.5 Å². The van der Waals surface area contributed by atoms with Crippen molar-refractivity contribution in [2.45, 2.75) is 26.3 Å². The number of benzene rings is 1. The van der Waals surface area contributed by atoms with Crippen molar-refractivity contribution in [3.8, 4) is 0 Å². The fraction of sp³-hybridized carbons (Fsp3) is 0.200. The Balaban J connectivity index is 1.53. The molecule has 1 N–H and O–H groups in total. The first-order valence-corrected chi connectivity index (χ1v) is 10.1. The molecule has 0 radical (unpaired) electrons. The highest BCUT2D eigenvalue weighted by Gasteiger charge is 2.12. The maximum Gasteiger partial charge on any atom is 0.253 e. The zero-order chi connectivity index (χ0) is 20.1. The van der Waals surface area contributed by atoms with Crippen LogP contribution in [0.4, 0.5) is 0 Å². The van der Waals surface area contributed by atoms with E-state index in [4.69, 9.17) is 23.2 Å². The first kappa shape index (κ1) is 20.5. The van der Waals surface area contributed by atoms with Gasteiger partial charge < -0.3 is 5.32 Å². The lowest BCUT2D eigenvalue weighted by Crippen LogP contribution is -2.23. The number of carbonyl (C=O) groups excluding carboxylic acids is 2. The minimum absolute atomic E-state index is 0.0189. The third kappa shape index (κ3) is 5.38. The van der Waals surface area contributed by atoms with Crippen molar-refractivity contribution in [2.24, 2.45) is 0 Å². The number of aromatic nitrogens is 2. The molecule has 1 aromatic carbocycles. The maximum absolute atomic E-state index is 12.3. The van der Waals surface area contributed by atoms with E-state index < -0.39 is 0 Å². The Morgan fingerprint density at radius 2 is 1.93 bits per heavy atom. The third-order valence-corrected chi connectivity index (χ3v) is 5.53. The second-order valence-electron chi connectivity index (χ2n) is 6.13. The summed E-state index contributed by atoms with van der Waals surface area (Å²) in [7, 11) is 0. The van der Waals surface area contributed by atoms with E-state index >= 15 is 0 Å². The van der Waals surface area contributed by atoms with Crippen LogP contribution in [0.1, 0.15) is 42.7 Å². The number of pyridine rings is 1. The number of amides is 1. The van der Waals surface area contributed by atoms with Gasteiger partial charge >= 0.3 is 0 Å². The summed E-state index contributed by atoms with van der Waals surface area (Å²) >= 11 is 13.5. The summed E-state index contributed by atoms with van der Waals surface area (Å²) in [4.78, 5) is 34.0. The number of hydrogen-bond donors (Lipinski definition) is 1. The van der Waals surface area contributed by atoms with Gasteiger partial charge in [-0.1, -0.05) is 29.3 Å². The summed E-state index contributed by atoms with van der Waals surface area (Å²) in [5.41, 5.74) is 1.55. The third-order valence-electron chi connectivity index (χ3n) is 4.01. The molecule has 5 nitrogen and oxygen atoms in total. The molecule has 8 heteroatoms. The summed E-state index contributed by atoms with van der Waals surface area (Å²) < 4.78 is 0. The van der Waals surface area contributed by atoms with Crippen LogP contribution in [0.3, 0.4) is 0 Å². The van der Waals surface area contributed by atoms with Crippen molar-refractivity contribution in [1.82, 2.24) is 15.3 Å². The SMILES string of the molecule is Cc1ncc(CCC(=O)c2ccc(CNC(=O)c3ccc(Cl)cc3Cl)cn2)s1. The van der Waals surface area contributed by atoms with Crippen LogP contribution in [0, 0.1) is 6.92 Å². The zero-order valence-electron chi connectivity index (χ0n) is 15.0. The number of Topliss-reactive ketones (excluding diaryl/α,β-unsaturated/α-hetero) is 1. The number of nitrogens with zero attached hydrogens (tertiary/aromatic N) is 2. The van der Waals surface area contributed by atoms with E-state index in [1.54, 1.807) is 48.0 Å². The number of rotatable bonds is 7. The van der Waals surface area contributed by atoms with Gasteiger partial charge in [-0.2, -0.15) is 0 Å². The predicted molar refractivity (Wildman–Crippen MR) is 111 cm³/mol. The number of thiazole rings is 1. The van der Waals surface area contributed by atoms with Gasteiger partial charge in [0.05, 0.1) is 15.6 Å². The van der Waals surface area contributed by atoms with Gasteiger partial charge in [-0.05, 0) is 43.2 Å². The van der Waals surface area contributed by atoms with Gasteiger partial charge in [0.25, 0.3) is 5.91 Å². The van der Waals surface area contributed by atoms with E-state index in [0.29, 0.717) is 34.1 Å². The second-order valence-corrected chi connectivity index (χ2v) is 8.29. The highest BCUT2D eigenvalue weighted by molar-refractivity contribution is 7.11. The highest BCUT2D eigenvalue weighted by atomic mass is 35.5. The van der Waals surface area contributed by atoms with Gasteiger partial charge in [0.1, 0.15) is 5.69 Å². The lowest BCUT2D eigenvalue weighted by Gasteiger charge is -2.07. The molecule has 0 saturated heterocycles. The molecule has 3 aromatic rings. The van der Waals surface area contributed by atoms with Crippen LogP contribution in [0.15, 0.2) is 42.7 Å². The molecular weight excluding hydrogens is 417 g/mol. The Hall–Kier alpha value is -2.28. The topological polar surface area (TPSA) is 72.0 Å². The number of hydrogen-bond acceptors (Lipinski definition) is 5. The zero-order valence-corrected chi connectivity index (χ0v) is 17.4. The van der Waals surface area contributed by atoms with E-state index in [0.717, 1.165) is 15.4 Å². The summed E-state index contributed by atoms with van der Waals surface area (Å²) in [5, 5.41) is 4.53. The summed E-state index contributed by atoms with van der Waals surface area (Å²) in [5.74, 6) is -0.323. The fourth-order valence-electron chi connectivity index (χ4n) is 2.53. The minimum Gasteiger partial charge on any atom is -0.348 e. The van der Waals surface area contributed by atoms with Gasteiger partial charge in [-0.25, -0.2) is 4.98 Å². The fourth-order valence-corrected chi connectivity index (χ4v) is 3.82. The second kappa shape index (κ2) is 9.28. The molecule has 3 rings (SSSR count). The van der Waals surface area contributed by atoms with Crippen molar-refractivity contribution in [3.63, 3.8) is 0 Å². The molecule has 0 aliphatic heterocycles. The van der Waals surface area contributed by atoms with Crippen LogP contribution in [0.5, 0.6) is 0 Å². The van der Waals surface area contributed by atoms with E-state index in [2.05, 4.69) is 15.3 Å². The molecular formula is C20H17Cl2N3O2S. The van der Waals surface area contributed by atoms with E-state index in [-0.39, 0.29) is 18.2 Å². The molecule has 28 heavy (non-hydrogen) atoms. The van der Waals surface area contributed by atoms with Crippen LogP contribution in [0.25, 0.3) is 0 Å². The molecule has 0 saturated carbocycles. The summed E-state index contributed by atoms with van der Waals surface area (Å²) in [6, 6.07) is 8.16. The number of ketones is 1. The average molecular weight is 434 g/mol. The number of halogens is 2. The molecule has 0 bridgehead atoms. The maximum atomic E-state index is 12.3. The molecule has 0 aliphatic carbocycles. The monoisotopic (exact) mass is 433 g/mol. The first-order valence-electron chi connectivity index (χ1n) is 8.55. The van der Waals surface area contributed by atoms with Gasteiger partial charge in [0.15, 0.2) is 5.78 Å². The smallest absolute Gasteiger partial charge is 0.253 e. The van der Waals surface area contributed by atoms with Crippen LogP contribution in [0.2, 0.25) is 10.0 Å². The van der Waals surface area contributed by atoms with Crippen molar-refractivity contribution >= 4 is 46.2 Å². The standard InChI is InChI=1S/C20H17Cl2N3O2S/c1-12-23-11-15(28-12)4-7-19(26)18-6-2-13(9-24-18)10-25-20(27)16-5-3-14(21)8-17(16)22/h2-3,5-6,8-9,11H,4,7,10H2,1H3,(H,25,27). The number of aryl methyl sites for hydroxylation is 2. The molecule has 0 spiro atoms. The van der Waals surface area contributed by atoms with Gasteiger partial charge in [0.2, 0.25) is 0 Å². The van der Waals surface area contributed by atoms with E-state index in [1.165, 1.54) is 6.07 Å². The Morgan fingerprint density at radius 3 is 2.57 bits per heavy atom. The summed E-state index contributed by atoms with van der Waals surface area (Å²) in [6.45, 7) is 2.22. The van der Waals surface area contributed by atoms with Crippen LogP contribution in [-0.4, -0.2) is 21.7 Å². The van der Waals surface area contributed by atoms with Crippen molar-refractivity contribution in [3.05, 3.63) is 79.5 Å². The van der Waals surface area contributed by atoms with Crippen LogP contribution < -0.4 is 5.32 Å². The van der Waals surface area contributed by atoms with Crippen molar-refractivity contribution in [1.29, 1.82) is 0 Å². The Kier molecular flexibility index (Phi) is 6.78. The quantitative estimate of drug-likeness (QED) is 0.537. The lowest BCUT2D eigenvalue weighted by atomic mass is 10.1. The average Bonchev–Trinajstić information content (AvgIpc) is 3.10. The Bertz CT molecular complexity index is 1000. The van der Waals surface area contributed by atoms with Gasteiger partial charge in [-0.15, -0.1) is 11.3 Å². The minimum atomic E-state index is -0.304. The van der Waals surface area contributed by atoms with Crippen molar-refractivity contribution in [2.75, 3.05) is 0 Å². The molecule has 0 aliphatic rings. The number of nitrogens with one attached hydrogen (secondary N) is 1. The summed E-state index contributed by atoms with van der Waals surface area (Å²) in [6.07, 6.45) is 4.44. The van der Waals surface area contributed by atoms with Crippen molar-refractivity contribution < 1.29 is 9.59 Å². The number of carbonyl (C=O) groups is 2. The first-order chi connectivity index (χ1) is 13.4. The van der Waals surface area contributed by atoms with E-state index in [9.17, 15) is 9.59 Å². The molecule has 2 aromatic heterocycles. The largest absolute Gasteiger partial charge is 0.348 e. The lowest BCUT2D eigenvalue weighted by molar-refractivity contribution is 0.0948. The van der Waals surface area contributed by atoms with Crippen LogP contribution in [-0.2, 0) is 13.0 Å².